The Morgan fingerprint density at radius 2 is 1.69 bits per heavy atom. The van der Waals surface area contributed by atoms with Gasteiger partial charge in [-0.05, 0) is 65.1 Å². The number of amides is 1. The molecule has 0 aliphatic heterocycles. The molecule has 39 heavy (non-hydrogen) atoms. The van der Waals surface area contributed by atoms with Crippen LogP contribution in [-0.4, -0.2) is 30.6 Å². The van der Waals surface area contributed by atoms with Crippen molar-refractivity contribution in [1.82, 2.24) is 4.98 Å². The van der Waals surface area contributed by atoms with Crippen molar-refractivity contribution in [2.24, 2.45) is 5.92 Å². The summed E-state index contributed by atoms with van der Waals surface area (Å²) in [7, 11) is 1.30. The van der Waals surface area contributed by atoms with Gasteiger partial charge in [-0.15, -0.1) is 0 Å². The molecule has 1 unspecified atom stereocenters. The van der Waals surface area contributed by atoms with Gasteiger partial charge in [0.05, 0.1) is 31.4 Å². The minimum atomic E-state index is -0.510. The zero-order chi connectivity index (χ0) is 27.6. The van der Waals surface area contributed by atoms with E-state index in [-0.39, 0.29) is 12.3 Å². The topological polar surface area (TPSA) is 86.8 Å². The molecule has 1 N–H and O–H groups in total. The molecule has 1 aromatic heterocycles. The molecule has 0 aliphatic rings. The second-order valence-corrected chi connectivity index (χ2v) is 9.60. The Morgan fingerprint density at radius 1 is 0.949 bits per heavy atom. The zero-order valence-electron chi connectivity index (χ0n) is 22.6. The van der Waals surface area contributed by atoms with Crippen molar-refractivity contribution < 1.29 is 23.8 Å². The Hall–Kier alpha value is -4.39. The minimum absolute atomic E-state index is 0.0978. The molecule has 0 saturated heterocycles. The number of ether oxygens (including phenoxy) is 3. The number of fused-ring (bicyclic) bond motifs is 1. The maximum absolute atomic E-state index is 12.6. The van der Waals surface area contributed by atoms with Gasteiger partial charge in [0.25, 0.3) is 0 Å². The van der Waals surface area contributed by atoms with E-state index >= 15 is 0 Å². The van der Waals surface area contributed by atoms with Crippen LogP contribution in [-0.2, 0) is 16.0 Å². The van der Waals surface area contributed by atoms with Crippen LogP contribution in [0.25, 0.3) is 10.8 Å². The van der Waals surface area contributed by atoms with Crippen LogP contribution in [0.15, 0.2) is 79.0 Å². The summed E-state index contributed by atoms with van der Waals surface area (Å²) >= 11 is 0. The van der Waals surface area contributed by atoms with E-state index in [9.17, 15) is 9.59 Å². The van der Waals surface area contributed by atoms with E-state index in [1.807, 2.05) is 36.4 Å². The van der Waals surface area contributed by atoms with E-state index in [0.717, 1.165) is 23.1 Å². The van der Waals surface area contributed by atoms with Gasteiger partial charge < -0.3 is 19.5 Å². The summed E-state index contributed by atoms with van der Waals surface area (Å²) in [5.74, 6) is 1.72. The van der Waals surface area contributed by atoms with Crippen LogP contribution in [0.4, 0.5) is 5.69 Å². The standard InChI is InChI=1S/C32H34N2O5/c1-4-5-8-22(2)21-38-26-14-12-25-19-27(15-13-24(25)18-26)39-31-16-11-23(20-33-31)17-30(35)34-29-10-7-6-9-28(29)32(36)37-3/h6-7,9-16,18-20,22H,4-5,8,17,21H2,1-3H3,(H,34,35). The summed E-state index contributed by atoms with van der Waals surface area (Å²) in [4.78, 5) is 28.8. The number of hydrogen-bond acceptors (Lipinski definition) is 6. The maximum atomic E-state index is 12.6. The van der Waals surface area contributed by atoms with Gasteiger partial charge in [-0.3, -0.25) is 4.79 Å². The van der Waals surface area contributed by atoms with Gasteiger partial charge in [-0.1, -0.05) is 57.0 Å². The molecule has 7 nitrogen and oxygen atoms in total. The van der Waals surface area contributed by atoms with Gasteiger partial charge in [0.15, 0.2) is 0 Å². The number of pyridine rings is 1. The lowest BCUT2D eigenvalue weighted by atomic mass is 10.1. The fourth-order valence-electron chi connectivity index (χ4n) is 4.19. The number of esters is 1. The Labute approximate surface area is 229 Å². The van der Waals surface area contributed by atoms with Crippen LogP contribution in [0.5, 0.6) is 17.4 Å². The molecule has 3 aromatic carbocycles. The molecule has 4 rings (SSSR count). The first-order chi connectivity index (χ1) is 18.9. The van der Waals surface area contributed by atoms with Crippen LogP contribution < -0.4 is 14.8 Å². The number of anilines is 1. The van der Waals surface area contributed by atoms with Crippen molar-refractivity contribution in [2.75, 3.05) is 19.0 Å². The number of aromatic nitrogens is 1. The molecular formula is C32H34N2O5. The van der Waals surface area contributed by atoms with Crippen molar-refractivity contribution in [2.45, 2.75) is 39.5 Å². The molecule has 1 heterocycles. The predicted molar refractivity (Wildman–Crippen MR) is 153 cm³/mol. The first kappa shape index (κ1) is 27.6. The number of rotatable bonds is 12. The van der Waals surface area contributed by atoms with Crippen molar-refractivity contribution in [3.8, 4) is 17.4 Å². The SMILES string of the molecule is CCCCC(C)COc1ccc2cc(Oc3ccc(CC(=O)Nc4ccccc4C(=O)OC)cn3)ccc2c1. The van der Waals surface area contributed by atoms with Gasteiger partial charge in [-0.2, -0.15) is 0 Å². The van der Waals surface area contributed by atoms with Gasteiger partial charge >= 0.3 is 5.97 Å². The average Bonchev–Trinajstić information content (AvgIpc) is 2.95. The molecule has 0 fully saturated rings. The molecule has 0 saturated carbocycles. The summed E-state index contributed by atoms with van der Waals surface area (Å²) < 4.78 is 16.7. The van der Waals surface area contributed by atoms with E-state index in [0.29, 0.717) is 34.4 Å². The Kier molecular flexibility index (Phi) is 9.51. The molecule has 202 valence electrons. The minimum Gasteiger partial charge on any atom is -0.493 e. The monoisotopic (exact) mass is 526 g/mol. The summed E-state index contributed by atoms with van der Waals surface area (Å²) in [5.41, 5.74) is 1.41. The fourth-order valence-corrected chi connectivity index (χ4v) is 4.19. The largest absolute Gasteiger partial charge is 0.493 e. The molecule has 7 heteroatoms. The molecule has 4 aromatic rings. The lowest BCUT2D eigenvalue weighted by Gasteiger charge is -2.13. The van der Waals surface area contributed by atoms with E-state index in [4.69, 9.17) is 14.2 Å². The average molecular weight is 527 g/mol. The summed E-state index contributed by atoms with van der Waals surface area (Å²) in [6.07, 6.45) is 5.31. The predicted octanol–water partition coefficient (Wildman–Crippen LogP) is 7.20. The van der Waals surface area contributed by atoms with Crippen LogP contribution in [0.2, 0.25) is 0 Å². The number of nitrogens with one attached hydrogen (secondary N) is 1. The first-order valence-corrected chi connectivity index (χ1v) is 13.2. The molecule has 1 amide bonds. The molecule has 0 bridgehead atoms. The molecular weight excluding hydrogens is 492 g/mol. The third kappa shape index (κ3) is 7.80. The summed E-state index contributed by atoms with van der Waals surface area (Å²) in [6, 6.07) is 22.2. The number of unbranched alkanes of at least 4 members (excludes halogenated alkanes) is 1. The van der Waals surface area contributed by atoms with Crippen molar-refractivity contribution in [3.63, 3.8) is 0 Å². The lowest BCUT2D eigenvalue weighted by molar-refractivity contribution is -0.115. The number of hydrogen-bond donors (Lipinski definition) is 1. The van der Waals surface area contributed by atoms with Crippen molar-refractivity contribution in [1.29, 1.82) is 0 Å². The molecule has 0 aliphatic carbocycles. The summed E-state index contributed by atoms with van der Waals surface area (Å²) in [5, 5.41) is 4.88. The highest BCUT2D eigenvalue weighted by Gasteiger charge is 2.14. The van der Waals surface area contributed by atoms with Crippen molar-refractivity contribution >= 4 is 28.3 Å². The van der Waals surface area contributed by atoms with Crippen LogP contribution in [0.3, 0.4) is 0 Å². The first-order valence-electron chi connectivity index (χ1n) is 13.2. The number of carbonyl (C=O) groups excluding carboxylic acids is 2. The highest BCUT2D eigenvalue weighted by Crippen LogP contribution is 2.28. The molecule has 0 spiro atoms. The Morgan fingerprint density at radius 3 is 2.41 bits per heavy atom. The van der Waals surface area contributed by atoms with Crippen LogP contribution >= 0.6 is 0 Å². The second kappa shape index (κ2) is 13.4. The third-order valence-electron chi connectivity index (χ3n) is 6.36. The number of methoxy groups -OCH3 is 1. The van der Waals surface area contributed by atoms with E-state index in [2.05, 4.69) is 24.1 Å². The van der Waals surface area contributed by atoms with E-state index in [1.54, 1.807) is 42.6 Å². The van der Waals surface area contributed by atoms with E-state index in [1.165, 1.54) is 26.4 Å². The second-order valence-electron chi connectivity index (χ2n) is 9.60. The Bertz CT molecular complexity index is 1420. The van der Waals surface area contributed by atoms with Crippen LogP contribution in [0, 0.1) is 5.92 Å². The molecule has 0 radical (unpaired) electrons. The third-order valence-corrected chi connectivity index (χ3v) is 6.36. The van der Waals surface area contributed by atoms with Gasteiger partial charge in [-0.25, -0.2) is 9.78 Å². The van der Waals surface area contributed by atoms with Gasteiger partial charge in [0.2, 0.25) is 11.8 Å². The Balaban J connectivity index is 1.33. The highest BCUT2D eigenvalue weighted by atomic mass is 16.5. The fraction of sp³-hybridized carbons (Fsp3) is 0.281. The van der Waals surface area contributed by atoms with Crippen LogP contribution in [0.1, 0.15) is 49.0 Å². The van der Waals surface area contributed by atoms with E-state index < -0.39 is 5.97 Å². The van der Waals surface area contributed by atoms with Crippen molar-refractivity contribution in [3.05, 3.63) is 90.1 Å². The zero-order valence-corrected chi connectivity index (χ0v) is 22.6. The normalized spacial score (nSPS) is 11.6. The van der Waals surface area contributed by atoms with Gasteiger partial charge in [0, 0.05) is 12.3 Å². The van der Waals surface area contributed by atoms with Gasteiger partial charge in [0.1, 0.15) is 11.5 Å². The number of carbonyl (C=O) groups is 2. The highest BCUT2D eigenvalue weighted by molar-refractivity contribution is 6.01. The number of para-hydroxylation sites is 1. The summed E-state index contributed by atoms with van der Waals surface area (Å²) in [6.45, 7) is 5.15. The smallest absolute Gasteiger partial charge is 0.339 e. The number of benzene rings is 3. The quantitative estimate of drug-likeness (QED) is 0.196. The lowest BCUT2D eigenvalue weighted by Crippen LogP contribution is -2.17. The number of nitrogens with zero attached hydrogens (tertiary/aromatic N) is 1. The maximum Gasteiger partial charge on any atom is 0.339 e. The molecule has 1 atom stereocenters.